The van der Waals surface area contributed by atoms with Gasteiger partial charge in [-0.05, 0) is 25.7 Å². The second kappa shape index (κ2) is 8.02. The normalized spacial score (nSPS) is 19.2. The first-order valence-electron chi connectivity index (χ1n) is 7.19. The van der Waals surface area contributed by atoms with Gasteiger partial charge in [-0.25, -0.2) is 0 Å². The molecule has 0 amide bonds. The number of aliphatic imine (C=N–C) groups is 1. The molecule has 0 radical (unpaired) electrons. The first-order chi connectivity index (χ1) is 9.08. The lowest BCUT2D eigenvalue weighted by molar-refractivity contribution is -0.144. The van der Waals surface area contributed by atoms with E-state index in [4.69, 9.17) is 4.74 Å². The molecule has 1 heterocycles. The van der Waals surface area contributed by atoms with Gasteiger partial charge in [-0.1, -0.05) is 13.8 Å². The van der Waals surface area contributed by atoms with E-state index in [-0.39, 0.29) is 11.9 Å². The summed E-state index contributed by atoms with van der Waals surface area (Å²) in [5.41, 5.74) is 0. The highest BCUT2D eigenvalue weighted by Crippen LogP contribution is 2.16. The summed E-state index contributed by atoms with van der Waals surface area (Å²) in [6.45, 7) is 9.60. The predicted molar refractivity (Wildman–Crippen MR) is 77.1 cm³/mol. The number of hydrogen-bond donors (Lipinski definition) is 1. The van der Waals surface area contributed by atoms with Crippen molar-refractivity contribution in [3.05, 3.63) is 0 Å². The number of piperidine rings is 1. The van der Waals surface area contributed by atoms with Gasteiger partial charge in [-0.3, -0.25) is 9.79 Å². The molecule has 5 nitrogen and oxygen atoms in total. The highest BCUT2D eigenvalue weighted by atomic mass is 16.5. The second-order valence-electron chi connectivity index (χ2n) is 5.29. The number of methoxy groups -OCH3 is 1. The lowest BCUT2D eigenvalue weighted by Gasteiger charge is -2.33. The second-order valence-corrected chi connectivity index (χ2v) is 5.29. The highest BCUT2D eigenvalue weighted by molar-refractivity contribution is 5.80. The summed E-state index contributed by atoms with van der Waals surface area (Å²) in [5, 5.41) is 3.30. The van der Waals surface area contributed by atoms with E-state index in [1.54, 1.807) is 0 Å². The number of rotatable bonds is 4. The van der Waals surface area contributed by atoms with Gasteiger partial charge in [0.1, 0.15) is 0 Å². The molecule has 5 heteroatoms. The minimum absolute atomic E-state index is 0.192. The van der Waals surface area contributed by atoms with Crippen LogP contribution in [0.5, 0.6) is 0 Å². The fourth-order valence-corrected chi connectivity index (χ4v) is 2.15. The van der Waals surface area contributed by atoms with Crippen molar-refractivity contribution in [2.45, 2.75) is 33.6 Å². The van der Waals surface area contributed by atoms with E-state index in [0.29, 0.717) is 6.54 Å². The molecule has 19 heavy (non-hydrogen) atoms. The molecule has 1 fully saturated rings. The summed E-state index contributed by atoms with van der Waals surface area (Å²) >= 11 is 0. The number of ether oxygens (including phenoxy) is 1. The number of esters is 1. The number of nitrogens with zero attached hydrogens (tertiary/aromatic N) is 2. The van der Waals surface area contributed by atoms with Crippen molar-refractivity contribution in [2.24, 2.45) is 16.8 Å². The van der Waals surface area contributed by atoms with E-state index in [1.165, 1.54) is 20.0 Å². The third kappa shape index (κ3) is 5.09. The average molecular weight is 269 g/mol. The van der Waals surface area contributed by atoms with Crippen LogP contribution in [0.4, 0.5) is 0 Å². The van der Waals surface area contributed by atoms with Crippen molar-refractivity contribution < 1.29 is 9.53 Å². The van der Waals surface area contributed by atoms with E-state index < -0.39 is 0 Å². The summed E-state index contributed by atoms with van der Waals surface area (Å²) in [7, 11) is 1.42. The largest absolute Gasteiger partial charge is 0.469 e. The number of guanidine groups is 1. The Labute approximate surface area is 116 Å². The maximum absolute atomic E-state index is 11.4. The van der Waals surface area contributed by atoms with Crippen LogP contribution in [0, 0.1) is 11.8 Å². The van der Waals surface area contributed by atoms with Crippen LogP contribution in [0.2, 0.25) is 0 Å². The monoisotopic (exact) mass is 269 g/mol. The minimum atomic E-state index is -0.202. The molecule has 1 saturated heterocycles. The summed E-state index contributed by atoms with van der Waals surface area (Å²) in [4.78, 5) is 18.2. The zero-order valence-corrected chi connectivity index (χ0v) is 12.6. The van der Waals surface area contributed by atoms with Crippen molar-refractivity contribution in [1.82, 2.24) is 10.2 Å². The summed E-state index contributed by atoms with van der Waals surface area (Å²) in [5.74, 6) is 1.33. The van der Waals surface area contributed by atoms with Gasteiger partial charge >= 0.3 is 5.97 Å². The average Bonchev–Trinajstić information content (AvgIpc) is 2.43. The molecule has 0 aromatic carbocycles. The molecule has 1 atom stereocenters. The van der Waals surface area contributed by atoms with Crippen molar-refractivity contribution in [3.8, 4) is 0 Å². The summed E-state index contributed by atoms with van der Waals surface area (Å²) < 4.78 is 4.72. The molecular weight excluding hydrogens is 242 g/mol. The standard InChI is InChI=1S/C14H27N3O2/c1-5-15-14(16-10-12(3)13(18)19-4)17-8-6-11(2)7-9-17/h11-12H,5-10H2,1-4H3,(H,15,16). The maximum Gasteiger partial charge on any atom is 0.310 e. The molecule has 0 spiro atoms. The molecule has 0 aromatic heterocycles. The molecule has 1 aliphatic rings. The lowest BCUT2D eigenvalue weighted by Crippen LogP contribution is -2.45. The molecule has 0 saturated carbocycles. The molecule has 0 aromatic rings. The van der Waals surface area contributed by atoms with Crippen molar-refractivity contribution in [2.75, 3.05) is 33.3 Å². The Morgan fingerprint density at radius 2 is 2.11 bits per heavy atom. The Kier molecular flexibility index (Phi) is 6.67. The van der Waals surface area contributed by atoms with Crippen molar-refractivity contribution >= 4 is 11.9 Å². The molecule has 1 unspecified atom stereocenters. The van der Waals surface area contributed by atoms with E-state index in [0.717, 1.165) is 31.5 Å². The molecule has 1 rings (SSSR count). The van der Waals surface area contributed by atoms with Crippen molar-refractivity contribution in [3.63, 3.8) is 0 Å². The Morgan fingerprint density at radius 1 is 1.47 bits per heavy atom. The first-order valence-corrected chi connectivity index (χ1v) is 7.19. The van der Waals surface area contributed by atoms with Gasteiger partial charge in [0.05, 0.1) is 19.6 Å². The van der Waals surface area contributed by atoms with Gasteiger partial charge in [0, 0.05) is 19.6 Å². The van der Waals surface area contributed by atoms with Crippen LogP contribution in [0.1, 0.15) is 33.6 Å². The number of likely N-dealkylation sites (tertiary alicyclic amines) is 1. The number of carbonyl (C=O) groups excluding carboxylic acids is 1. The summed E-state index contributed by atoms with van der Waals surface area (Å²) in [6.07, 6.45) is 2.41. The van der Waals surface area contributed by atoms with Gasteiger partial charge in [0.25, 0.3) is 0 Å². The maximum atomic E-state index is 11.4. The number of hydrogen-bond acceptors (Lipinski definition) is 3. The topological polar surface area (TPSA) is 53.9 Å². The third-order valence-electron chi connectivity index (χ3n) is 3.54. The summed E-state index contributed by atoms with van der Waals surface area (Å²) in [6, 6.07) is 0. The van der Waals surface area contributed by atoms with Crippen LogP contribution in [-0.2, 0) is 9.53 Å². The third-order valence-corrected chi connectivity index (χ3v) is 3.54. The molecule has 0 bridgehead atoms. The number of nitrogens with one attached hydrogen (secondary N) is 1. The first kappa shape index (κ1) is 15.8. The van der Waals surface area contributed by atoms with E-state index in [2.05, 4.69) is 29.1 Å². The Balaban J connectivity index is 2.58. The smallest absolute Gasteiger partial charge is 0.310 e. The van der Waals surface area contributed by atoms with Gasteiger partial charge in [0.15, 0.2) is 5.96 Å². The van der Waals surface area contributed by atoms with Gasteiger partial charge in [-0.15, -0.1) is 0 Å². The molecule has 110 valence electrons. The fraction of sp³-hybridized carbons (Fsp3) is 0.857. The predicted octanol–water partition coefficient (Wildman–Crippen LogP) is 1.49. The quantitative estimate of drug-likeness (QED) is 0.477. The number of carbonyl (C=O) groups is 1. The Hall–Kier alpha value is -1.26. The van der Waals surface area contributed by atoms with Gasteiger partial charge < -0.3 is 15.0 Å². The van der Waals surface area contributed by atoms with Crippen LogP contribution < -0.4 is 5.32 Å². The van der Waals surface area contributed by atoms with Crippen LogP contribution in [0.25, 0.3) is 0 Å². The Morgan fingerprint density at radius 3 is 2.63 bits per heavy atom. The zero-order valence-electron chi connectivity index (χ0n) is 12.6. The lowest BCUT2D eigenvalue weighted by atomic mass is 9.99. The SMILES string of the molecule is CCNC(=NCC(C)C(=O)OC)N1CCC(C)CC1. The fourth-order valence-electron chi connectivity index (χ4n) is 2.15. The molecule has 1 N–H and O–H groups in total. The highest BCUT2D eigenvalue weighted by Gasteiger charge is 2.19. The molecule has 0 aliphatic carbocycles. The Bertz CT molecular complexity index is 310. The van der Waals surface area contributed by atoms with E-state index in [1.807, 2.05) is 6.92 Å². The van der Waals surface area contributed by atoms with Gasteiger partial charge in [0.2, 0.25) is 0 Å². The van der Waals surface area contributed by atoms with Crippen LogP contribution in [0.3, 0.4) is 0 Å². The zero-order chi connectivity index (χ0) is 14.3. The van der Waals surface area contributed by atoms with Crippen LogP contribution in [-0.4, -0.2) is 50.1 Å². The van der Waals surface area contributed by atoms with Crippen molar-refractivity contribution in [1.29, 1.82) is 0 Å². The minimum Gasteiger partial charge on any atom is -0.469 e. The molecule has 1 aliphatic heterocycles. The van der Waals surface area contributed by atoms with E-state index in [9.17, 15) is 4.79 Å². The van der Waals surface area contributed by atoms with Gasteiger partial charge in [-0.2, -0.15) is 0 Å². The van der Waals surface area contributed by atoms with E-state index >= 15 is 0 Å². The van der Waals surface area contributed by atoms with Crippen LogP contribution in [0.15, 0.2) is 4.99 Å². The molecular formula is C14H27N3O2. The van der Waals surface area contributed by atoms with Crippen LogP contribution >= 0.6 is 0 Å².